The first-order valence-electron chi connectivity index (χ1n) is 7.39. The minimum absolute atomic E-state index is 0.0708. The Bertz CT molecular complexity index is 485. The van der Waals surface area contributed by atoms with Crippen molar-refractivity contribution < 1.29 is 9.53 Å². The molecule has 1 atom stereocenters. The van der Waals surface area contributed by atoms with Crippen LogP contribution in [0.1, 0.15) is 39.2 Å². The van der Waals surface area contributed by atoms with Crippen molar-refractivity contribution >= 4 is 11.6 Å². The number of anilines is 1. The van der Waals surface area contributed by atoms with Crippen molar-refractivity contribution in [2.75, 3.05) is 11.4 Å². The fourth-order valence-corrected chi connectivity index (χ4v) is 2.43. The fraction of sp³-hybridized carbons (Fsp3) is 0.562. The van der Waals surface area contributed by atoms with Gasteiger partial charge in [-0.1, -0.05) is 33.3 Å². The first-order valence-corrected chi connectivity index (χ1v) is 7.39. The second-order valence-electron chi connectivity index (χ2n) is 5.63. The van der Waals surface area contributed by atoms with Crippen LogP contribution in [-0.4, -0.2) is 18.6 Å². The number of fused-ring (bicyclic) bond motifs is 1. The van der Waals surface area contributed by atoms with Gasteiger partial charge in [0.25, 0.3) is 5.91 Å². The topological polar surface area (TPSA) is 55.6 Å². The predicted molar refractivity (Wildman–Crippen MR) is 80.8 cm³/mol. The van der Waals surface area contributed by atoms with Gasteiger partial charge in [-0.3, -0.25) is 4.79 Å². The summed E-state index contributed by atoms with van der Waals surface area (Å²) < 4.78 is 5.91. The normalized spacial score (nSPS) is 18.1. The lowest BCUT2D eigenvalue weighted by atomic mass is 10.0. The maximum Gasteiger partial charge on any atom is 0.268 e. The maximum atomic E-state index is 12.6. The molecule has 2 N–H and O–H groups in total. The highest BCUT2D eigenvalue weighted by Crippen LogP contribution is 2.36. The Morgan fingerprint density at radius 2 is 2.15 bits per heavy atom. The molecule has 1 aliphatic heterocycles. The van der Waals surface area contributed by atoms with Crippen LogP contribution < -0.4 is 15.4 Å². The van der Waals surface area contributed by atoms with Gasteiger partial charge >= 0.3 is 0 Å². The number of hydrogen-bond donors (Lipinski definition) is 1. The lowest BCUT2D eigenvalue weighted by Gasteiger charge is -2.36. The van der Waals surface area contributed by atoms with E-state index in [9.17, 15) is 4.79 Å². The molecule has 0 saturated heterocycles. The molecule has 0 aliphatic carbocycles. The minimum atomic E-state index is -0.396. The van der Waals surface area contributed by atoms with Crippen molar-refractivity contribution in [2.45, 2.75) is 46.3 Å². The number of carbonyl (C=O) groups is 1. The van der Waals surface area contributed by atoms with Gasteiger partial charge < -0.3 is 15.4 Å². The van der Waals surface area contributed by atoms with E-state index < -0.39 is 6.10 Å². The van der Waals surface area contributed by atoms with Gasteiger partial charge in [-0.2, -0.15) is 0 Å². The number of amides is 1. The van der Waals surface area contributed by atoms with Crippen molar-refractivity contribution in [3.63, 3.8) is 0 Å². The summed E-state index contributed by atoms with van der Waals surface area (Å²) in [6.45, 7) is 7.38. The molecule has 1 aliphatic rings. The average Bonchev–Trinajstić information content (AvgIpc) is 2.45. The van der Waals surface area contributed by atoms with Crippen LogP contribution in [0.15, 0.2) is 18.2 Å². The lowest BCUT2D eigenvalue weighted by Crippen LogP contribution is -2.48. The van der Waals surface area contributed by atoms with Gasteiger partial charge in [0.05, 0.1) is 5.69 Å². The first-order chi connectivity index (χ1) is 9.58. The van der Waals surface area contributed by atoms with Crippen LogP contribution >= 0.6 is 0 Å². The molecule has 0 fully saturated rings. The zero-order valence-corrected chi connectivity index (χ0v) is 12.6. The molecule has 4 nitrogen and oxygen atoms in total. The smallest absolute Gasteiger partial charge is 0.268 e. The van der Waals surface area contributed by atoms with Gasteiger partial charge in [0.15, 0.2) is 6.10 Å². The Labute approximate surface area is 120 Å². The number of carbonyl (C=O) groups excluding carboxylic acids is 1. The largest absolute Gasteiger partial charge is 0.478 e. The average molecular weight is 276 g/mol. The molecule has 0 radical (unpaired) electrons. The summed E-state index contributed by atoms with van der Waals surface area (Å²) in [7, 11) is 0. The zero-order valence-electron chi connectivity index (χ0n) is 12.6. The Balaban J connectivity index is 2.38. The van der Waals surface area contributed by atoms with Crippen molar-refractivity contribution in [2.24, 2.45) is 11.7 Å². The van der Waals surface area contributed by atoms with Gasteiger partial charge in [-0.15, -0.1) is 0 Å². The van der Waals surface area contributed by atoms with Crippen molar-refractivity contribution in [1.82, 2.24) is 0 Å². The second kappa shape index (κ2) is 6.27. The number of hydrogen-bond acceptors (Lipinski definition) is 3. The van der Waals surface area contributed by atoms with Crippen LogP contribution in [0.2, 0.25) is 0 Å². The highest BCUT2D eigenvalue weighted by atomic mass is 16.5. The molecule has 1 unspecified atom stereocenters. The van der Waals surface area contributed by atoms with E-state index in [0.717, 1.165) is 36.4 Å². The molecule has 0 saturated carbocycles. The summed E-state index contributed by atoms with van der Waals surface area (Å²) in [6.07, 6.45) is 1.66. The van der Waals surface area contributed by atoms with E-state index in [0.29, 0.717) is 6.54 Å². The van der Waals surface area contributed by atoms with Gasteiger partial charge in [0, 0.05) is 13.1 Å². The number of rotatable bonds is 5. The molecule has 4 heteroatoms. The van der Waals surface area contributed by atoms with E-state index in [1.807, 2.05) is 36.9 Å². The van der Waals surface area contributed by atoms with Crippen LogP contribution in [-0.2, 0) is 11.3 Å². The Morgan fingerprint density at radius 1 is 1.40 bits per heavy atom. The van der Waals surface area contributed by atoms with Gasteiger partial charge in [0.2, 0.25) is 0 Å². The van der Waals surface area contributed by atoms with Crippen LogP contribution in [0.5, 0.6) is 5.75 Å². The molecule has 2 rings (SSSR count). The molecule has 20 heavy (non-hydrogen) atoms. The fourth-order valence-electron chi connectivity index (χ4n) is 2.43. The van der Waals surface area contributed by atoms with Gasteiger partial charge in [-0.05, 0) is 30.0 Å². The van der Waals surface area contributed by atoms with E-state index in [4.69, 9.17) is 10.5 Å². The quantitative estimate of drug-likeness (QED) is 0.899. The number of nitrogens with zero attached hydrogens (tertiary/aromatic N) is 1. The number of ether oxygens (including phenoxy) is 1. The lowest BCUT2D eigenvalue weighted by molar-refractivity contribution is -0.128. The summed E-state index contributed by atoms with van der Waals surface area (Å²) in [5, 5.41) is 0. The van der Waals surface area contributed by atoms with E-state index in [1.165, 1.54) is 0 Å². The van der Waals surface area contributed by atoms with Crippen LogP contribution in [0.25, 0.3) is 0 Å². The third kappa shape index (κ3) is 2.80. The van der Waals surface area contributed by atoms with Crippen molar-refractivity contribution in [1.29, 1.82) is 0 Å². The van der Waals surface area contributed by atoms with E-state index >= 15 is 0 Å². The zero-order chi connectivity index (χ0) is 14.7. The van der Waals surface area contributed by atoms with Crippen molar-refractivity contribution in [3.05, 3.63) is 23.8 Å². The van der Waals surface area contributed by atoms with E-state index in [-0.39, 0.29) is 11.8 Å². The van der Waals surface area contributed by atoms with Crippen molar-refractivity contribution in [3.8, 4) is 5.75 Å². The molecule has 1 aromatic carbocycles. The predicted octanol–water partition coefficient (Wildman–Crippen LogP) is 2.70. The summed E-state index contributed by atoms with van der Waals surface area (Å²) in [6, 6.07) is 5.86. The molecule has 0 bridgehead atoms. The molecule has 1 aromatic rings. The van der Waals surface area contributed by atoms with Crippen LogP contribution in [0, 0.1) is 5.92 Å². The molecular weight excluding hydrogens is 252 g/mol. The van der Waals surface area contributed by atoms with Gasteiger partial charge in [0.1, 0.15) is 5.75 Å². The molecule has 1 heterocycles. The summed E-state index contributed by atoms with van der Waals surface area (Å²) >= 11 is 0. The molecule has 0 spiro atoms. The third-order valence-corrected chi connectivity index (χ3v) is 3.65. The number of nitrogens with two attached hydrogens (primary N) is 1. The molecule has 0 aromatic heterocycles. The third-order valence-electron chi connectivity index (χ3n) is 3.65. The second-order valence-corrected chi connectivity index (χ2v) is 5.63. The standard InChI is InChI=1S/C16H24N2O2/c1-4-5-8-18-13-7-6-12(10-17)9-14(13)20-15(11(2)3)16(18)19/h6-7,9,11,15H,4-5,8,10,17H2,1-3H3. The maximum absolute atomic E-state index is 12.6. The summed E-state index contributed by atoms with van der Waals surface area (Å²) in [5.74, 6) is 1.00. The molecule has 110 valence electrons. The molecular formula is C16H24N2O2. The summed E-state index contributed by atoms with van der Waals surface area (Å²) in [5.41, 5.74) is 7.58. The van der Waals surface area contributed by atoms with Crippen LogP contribution in [0.3, 0.4) is 0 Å². The summed E-state index contributed by atoms with van der Waals surface area (Å²) in [4.78, 5) is 14.4. The SMILES string of the molecule is CCCCN1C(=O)C(C(C)C)Oc2cc(CN)ccc21. The minimum Gasteiger partial charge on any atom is -0.478 e. The van der Waals surface area contributed by atoms with E-state index in [2.05, 4.69) is 6.92 Å². The van der Waals surface area contributed by atoms with Gasteiger partial charge in [-0.25, -0.2) is 0 Å². The Hall–Kier alpha value is -1.55. The Morgan fingerprint density at radius 3 is 2.75 bits per heavy atom. The highest BCUT2D eigenvalue weighted by Gasteiger charge is 2.35. The Kier molecular flexibility index (Phi) is 4.65. The first kappa shape index (κ1) is 14.9. The number of unbranched alkanes of at least 4 members (excludes halogenated alkanes) is 1. The highest BCUT2D eigenvalue weighted by molar-refractivity contribution is 6.00. The monoisotopic (exact) mass is 276 g/mol. The molecule has 1 amide bonds. The van der Waals surface area contributed by atoms with E-state index in [1.54, 1.807) is 0 Å². The van der Waals surface area contributed by atoms with Crippen LogP contribution in [0.4, 0.5) is 5.69 Å². The number of benzene rings is 1.